The summed E-state index contributed by atoms with van der Waals surface area (Å²) in [5.74, 6) is 0.00451. The number of aliphatic hydroxyl groups excluding tert-OH is 1. The molecule has 0 saturated carbocycles. The third-order valence-corrected chi connectivity index (χ3v) is 4.00. The van der Waals surface area contributed by atoms with Crippen LogP contribution >= 0.6 is 0 Å². The number of rotatable bonds is 11. The van der Waals surface area contributed by atoms with Crippen LogP contribution in [0.5, 0.6) is 5.75 Å². The van der Waals surface area contributed by atoms with Gasteiger partial charge in [-0.15, -0.1) is 0 Å². The predicted octanol–water partition coefficient (Wildman–Crippen LogP) is 4.08. The van der Waals surface area contributed by atoms with E-state index in [9.17, 15) is 0 Å². The summed E-state index contributed by atoms with van der Waals surface area (Å²) in [7, 11) is 0. The second-order valence-electron chi connectivity index (χ2n) is 5.97. The van der Waals surface area contributed by atoms with E-state index in [0.717, 1.165) is 12.2 Å². The quantitative estimate of drug-likeness (QED) is 0.493. The largest absolute Gasteiger partial charge is 0.457 e. The Balaban J connectivity index is 1.61. The molecule has 1 heterocycles. The molecule has 1 fully saturated rings. The van der Waals surface area contributed by atoms with E-state index in [4.69, 9.17) is 14.6 Å². The first kappa shape index (κ1) is 16.3. The molecule has 21 heavy (non-hydrogen) atoms. The van der Waals surface area contributed by atoms with E-state index in [1.807, 2.05) is 12.1 Å². The summed E-state index contributed by atoms with van der Waals surface area (Å²) in [5, 5.41) is 9.14. The minimum atomic E-state index is -0.764. The van der Waals surface area contributed by atoms with Crippen LogP contribution in [0.15, 0.2) is 24.3 Å². The Kier molecular flexibility index (Phi) is 6.52. The van der Waals surface area contributed by atoms with E-state index in [0.29, 0.717) is 6.61 Å². The van der Waals surface area contributed by atoms with Gasteiger partial charge in [-0.25, -0.2) is 0 Å². The van der Waals surface area contributed by atoms with Gasteiger partial charge >= 0.3 is 0 Å². The molecule has 0 bridgehead atoms. The molecule has 3 nitrogen and oxygen atoms in total. The molecule has 2 rings (SSSR count). The first-order valence-corrected chi connectivity index (χ1v) is 8.31. The van der Waals surface area contributed by atoms with Crippen molar-refractivity contribution in [2.24, 2.45) is 0 Å². The lowest BCUT2D eigenvalue weighted by Gasteiger charge is -2.12. The SMILES string of the molecule is CCCCCCCCCc1ccc(O[C@@]2(CO)CO2)cc1. The molecule has 1 aromatic rings. The zero-order valence-corrected chi connectivity index (χ0v) is 13.1. The Morgan fingerprint density at radius 1 is 1.05 bits per heavy atom. The minimum Gasteiger partial charge on any atom is -0.457 e. The molecule has 1 aliphatic rings. The third-order valence-electron chi connectivity index (χ3n) is 4.00. The number of benzene rings is 1. The molecule has 1 aliphatic heterocycles. The first-order valence-electron chi connectivity index (χ1n) is 8.31. The number of ether oxygens (including phenoxy) is 2. The van der Waals surface area contributed by atoms with Gasteiger partial charge in [0, 0.05) is 0 Å². The maximum Gasteiger partial charge on any atom is 0.257 e. The van der Waals surface area contributed by atoms with Gasteiger partial charge in [0.05, 0.1) is 0 Å². The van der Waals surface area contributed by atoms with Gasteiger partial charge in [0.1, 0.15) is 19.0 Å². The lowest BCUT2D eigenvalue weighted by molar-refractivity contribution is 0.00854. The topological polar surface area (TPSA) is 42.0 Å². The van der Waals surface area contributed by atoms with Crippen LogP contribution in [0.1, 0.15) is 57.4 Å². The van der Waals surface area contributed by atoms with Crippen molar-refractivity contribution in [2.75, 3.05) is 13.2 Å². The lowest BCUT2D eigenvalue weighted by atomic mass is 10.0. The molecule has 0 unspecified atom stereocenters. The third kappa shape index (κ3) is 5.68. The number of epoxide rings is 1. The minimum absolute atomic E-state index is 0.0905. The summed E-state index contributed by atoms with van der Waals surface area (Å²) in [6.07, 6.45) is 10.5. The molecule has 118 valence electrons. The van der Waals surface area contributed by atoms with E-state index < -0.39 is 5.79 Å². The van der Waals surface area contributed by atoms with Crippen LogP contribution in [0.2, 0.25) is 0 Å². The highest BCUT2D eigenvalue weighted by atomic mass is 16.8. The maximum atomic E-state index is 9.14. The lowest BCUT2D eigenvalue weighted by Crippen LogP contribution is -2.24. The van der Waals surface area contributed by atoms with Crippen molar-refractivity contribution < 1.29 is 14.6 Å². The van der Waals surface area contributed by atoms with Gasteiger partial charge in [0.2, 0.25) is 0 Å². The van der Waals surface area contributed by atoms with Gasteiger partial charge in [-0.1, -0.05) is 57.6 Å². The van der Waals surface area contributed by atoms with Gasteiger partial charge in [-0.05, 0) is 30.5 Å². The number of hydrogen-bond acceptors (Lipinski definition) is 3. The van der Waals surface area contributed by atoms with Gasteiger partial charge < -0.3 is 14.6 Å². The van der Waals surface area contributed by atoms with Crippen molar-refractivity contribution in [1.82, 2.24) is 0 Å². The highest BCUT2D eigenvalue weighted by Gasteiger charge is 2.47. The zero-order valence-electron chi connectivity index (χ0n) is 13.1. The second-order valence-corrected chi connectivity index (χ2v) is 5.97. The molecule has 1 atom stereocenters. The van der Waals surface area contributed by atoms with Gasteiger partial charge in [0.15, 0.2) is 0 Å². The van der Waals surface area contributed by atoms with E-state index in [-0.39, 0.29) is 6.61 Å². The summed E-state index contributed by atoms with van der Waals surface area (Å²) in [6.45, 7) is 2.64. The van der Waals surface area contributed by atoms with Crippen LogP contribution in [0.4, 0.5) is 0 Å². The molecule has 3 heteroatoms. The van der Waals surface area contributed by atoms with Crippen molar-refractivity contribution in [1.29, 1.82) is 0 Å². The summed E-state index contributed by atoms with van der Waals surface area (Å²) in [5.41, 5.74) is 1.35. The Morgan fingerprint density at radius 2 is 1.67 bits per heavy atom. The van der Waals surface area contributed by atoms with Crippen LogP contribution in [0.3, 0.4) is 0 Å². The average molecular weight is 292 g/mol. The number of hydrogen-bond donors (Lipinski definition) is 1. The number of unbranched alkanes of at least 4 members (excludes halogenated alkanes) is 6. The van der Waals surface area contributed by atoms with Crippen LogP contribution < -0.4 is 4.74 Å². The maximum absolute atomic E-state index is 9.14. The van der Waals surface area contributed by atoms with E-state index >= 15 is 0 Å². The highest BCUT2D eigenvalue weighted by molar-refractivity contribution is 5.28. The van der Waals surface area contributed by atoms with Gasteiger partial charge in [0.25, 0.3) is 5.79 Å². The standard InChI is InChI=1S/C18H28O3/c1-2-3-4-5-6-7-8-9-16-10-12-17(13-11-16)21-18(14-19)15-20-18/h10-13,19H,2-9,14-15H2,1H3/t18-/m0/s1. The summed E-state index contributed by atoms with van der Waals surface area (Å²) < 4.78 is 10.8. The van der Waals surface area contributed by atoms with Crippen LogP contribution in [0.25, 0.3) is 0 Å². The molecular weight excluding hydrogens is 264 g/mol. The van der Waals surface area contributed by atoms with Crippen molar-refractivity contribution in [3.05, 3.63) is 29.8 Å². The Morgan fingerprint density at radius 3 is 2.24 bits per heavy atom. The van der Waals surface area contributed by atoms with Gasteiger partial charge in [-0.3, -0.25) is 0 Å². The monoisotopic (exact) mass is 292 g/mol. The van der Waals surface area contributed by atoms with E-state index in [1.165, 1.54) is 50.5 Å². The number of aryl methyl sites for hydroxylation is 1. The molecule has 0 amide bonds. The van der Waals surface area contributed by atoms with E-state index in [2.05, 4.69) is 19.1 Å². The van der Waals surface area contributed by atoms with Crippen molar-refractivity contribution in [3.63, 3.8) is 0 Å². The zero-order chi connectivity index (χ0) is 15.0. The molecule has 1 saturated heterocycles. The molecule has 1 aromatic carbocycles. The summed E-state index contributed by atoms with van der Waals surface area (Å²) in [6, 6.07) is 8.16. The second kappa shape index (κ2) is 8.40. The molecule has 0 aliphatic carbocycles. The normalized spacial score (nSPS) is 20.5. The Hall–Kier alpha value is -1.06. The fourth-order valence-electron chi connectivity index (χ4n) is 2.49. The molecule has 0 aromatic heterocycles. The summed E-state index contributed by atoms with van der Waals surface area (Å²) >= 11 is 0. The molecule has 0 spiro atoms. The average Bonchev–Trinajstić information content (AvgIpc) is 3.28. The van der Waals surface area contributed by atoms with E-state index in [1.54, 1.807) is 0 Å². The van der Waals surface area contributed by atoms with Crippen LogP contribution in [-0.4, -0.2) is 24.1 Å². The molecular formula is C18H28O3. The first-order chi connectivity index (χ1) is 10.3. The molecule has 1 N–H and O–H groups in total. The smallest absolute Gasteiger partial charge is 0.257 e. The van der Waals surface area contributed by atoms with Gasteiger partial charge in [-0.2, -0.15) is 0 Å². The fourth-order valence-corrected chi connectivity index (χ4v) is 2.49. The highest BCUT2D eigenvalue weighted by Crippen LogP contribution is 2.30. The van der Waals surface area contributed by atoms with Crippen molar-refractivity contribution in [3.8, 4) is 5.75 Å². The summed E-state index contributed by atoms with van der Waals surface area (Å²) in [4.78, 5) is 0. The molecule has 0 radical (unpaired) electrons. The predicted molar refractivity (Wildman–Crippen MR) is 84.5 cm³/mol. The van der Waals surface area contributed by atoms with Crippen LogP contribution in [0, 0.1) is 0 Å². The Labute approximate surface area is 128 Å². The Bertz CT molecular complexity index is 395. The van der Waals surface area contributed by atoms with Crippen LogP contribution in [-0.2, 0) is 11.2 Å². The number of aliphatic hydroxyl groups is 1. The fraction of sp³-hybridized carbons (Fsp3) is 0.667. The van der Waals surface area contributed by atoms with Crippen molar-refractivity contribution in [2.45, 2.75) is 64.1 Å². The van der Waals surface area contributed by atoms with Crippen molar-refractivity contribution >= 4 is 0 Å².